The van der Waals surface area contributed by atoms with E-state index in [1.54, 1.807) is 6.20 Å². The number of hydrogen-bond acceptors (Lipinski definition) is 2. The van der Waals surface area contributed by atoms with Crippen molar-refractivity contribution in [2.45, 2.75) is 39.0 Å². The van der Waals surface area contributed by atoms with Gasteiger partial charge in [0.15, 0.2) is 0 Å². The molecule has 1 N–H and O–H groups in total. The molecule has 1 aromatic rings. The van der Waals surface area contributed by atoms with E-state index in [0.29, 0.717) is 17.9 Å². The maximum atomic E-state index is 11.3. The lowest BCUT2D eigenvalue weighted by molar-refractivity contribution is -0.132. The molecule has 0 saturated heterocycles. The highest BCUT2D eigenvalue weighted by Crippen LogP contribution is 2.40. The number of aromatic nitrogens is 1. The summed E-state index contributed by atoms with van der Waals surface area (Å²) in [6.07, 6.45) is 12.5. The minimum absolute atomic E-state index is 0. The Morgan fingerprint density at radius 3 is 2.91 bits per heavy atom. The molecule has 1 aromatic heterocycles. The lowest BCUT2D eigenvalue weighted by atomic mass is 9.74. The normalized spacial score (nSPS) is 20.1. The molecule has 0 fully saturated rings. The Bertz CT molecular complexity index is 674. The summed E-state index contributed by atoms with van der Waals surface area (Å²) in [5.41, 5.74) is 5.69. The van der Waals surface area contributed by atoms with E-state index in [9.17, 15) is 9.90 Å². The number of allylic oxidation sites excluding steroid dienone is 5. The monoisotopic (exact) mass is 331 g/mol. The van der Waals surface area contributed by atoms with Gasteiger partial charge in [0.2, 0.25) is 0 Å². The fourth-order valence-corrected chi connectivity index (χ4v) is 3.59. The Morgan fingerprint density at radius 1 is 1.43 bits per heavy atom. The topological polar surface area (TPSA) is 50.2 Å². The van der Waals surface area contributed by atoms with Gasteiger partial charge in [-0.1, -0.05) is 24.6 Å². The molecule has 122 valence electrons. The van der Waals surface area contributed by atoms with Gasteiger partial charge in [0, 0.05) is 18.0 Å². The standard InChI is InChI=1S/C19H21NO2.ClH/c1-2-17-15(10-13-4-3-9-20-12-13)7-5-14-6-8-16(19(21)22)11-18(14)17;/h3-4,6,9,11-12,15H,2,5,7-8,10H2,1H3,(H,21,22);1H. The van der Waals surface area contributed by atoms with Crippen LogP contribution in [0.2, 0.25) is 0 Å². The van der Waals surface area contributed by atoms with Gasteiger partial charge in [0.1, 0.15) is 0 Å². The van der Waals surface area contributed by atoms with Gasteiger partial charge < -0.3 is 5.11 Å². The van der Waals surface area contributed by atoms with Crippen molar-refractivity contribution in [1.29, 1.82) is 0 Å². The lowest BCUT2D eigenvalue weighted by Crippen LogP contribution is -2.18. The molecule has 1 unspecified atom stereocenters. The summed E-state index contributed by atoms with van der Waals surface area (Å²) in [4.78, 5) is 15.5. The zero-order valence-electron chi connectivity index (χ0n) is 13.3. The number of halogens is 1. The third-order valence-corrected chi connectivity index (χ3v) is 4.69. The summed E-state index contributed by atoms with van der Waals surface area (Å²) in [6, 6.07) is 4.10. The van der Waals surface area contributed by atoms with Gasteiger partial charge in [-0.2, -0.15) is 0 Å². The molecule has 3 nitrogen and oxygen atoms in total. The molecule has 0 spiro atoms. The molecule has 0 radical (unpaired) electrons. The highest BCUT2D eigenvalue weighted by atomic mass is 35.5. The van der Waals surface area contributed by atoms with Crippen molar-refractivity contribution in [2.24, 2.45) is 5.92 Å². The summed E-state index contributed by atoms with van der Waals surface area (Å²) < 4.78 is 0. The second-order valence-corrected chi connectivity index (χ2v) is 6.00. The SMILES string of the molecule is CCC1=C2C=C(C(=O)O)CC=C2CCC1Cc1cccnc1.Cl. The molecule has 3 rings (SSSR count). The molecule has 23 heavy (non-hydrogen) atoms. The van der Waals surface area contributed by atoms with Crippen LogP contribution in [0.3, 0.4) is 0 Å². The van der Waals surface area contributed by atoms with Crippen LogP contribution in [0.25, 0.3) is 0 Å². The average Bonchev–Trinajstić information content (AvgIpc) is 2.55. The molecule has 4 heteroatoms. The summed E-state index contributed by atoms with van der Waals surface area (Å²) in [5.74, 6) is -0.307. The van der Waals surface area contributed by atoms with Crippen LogP contribution < -0.4 is 0 Å². The number of nitrogens with zero attached hydrogens (tertiary/aromatic N) is 1. The molecule has 0 aliphatic heterocycles. The molecule has 1 atom stereocenters. The summed E-state index contributed by atoms with van der Waals surface area (Å²) >= 11 is 0. The largest absolute Gasteiger partial charge is 0.478 e. The quantitative estimate of drug-likeness (QED) is 0.883. The first kappa shape index (κ1) is 17.5. The molecule has 2 aliphatic carbocycles. The van der Waals surface area contributed by atoms with Crippen LogP contribution in [0.5, 0.6) is 0 Å². The van der Waals surface area contributed by atoms with E-state index in [2.05, 4.69) is 24.1 Å². The zero-order chi connectivity index (χ0) is 15.5. The summed E-state index contributed by atoms with van der Waals surface area (Å²) in [5, 5.41) is 9.26. The zero-order valence-corrected chi connectivity index (χ0v) is 14.1. The van der Waals surface area contributed by atoms with E-state index in [4.69, 9.17) is 0 Å². The Balaban J connectivity index is 0.00000192. The van der Waals surface area contributed by atoms with Crippen LogP contribution in [-0.2, 0) is 11.2 Å². The maximum Gasteiger partial charge on any atom is 0.331 e. The van der Waals surface area contributed by atoms with Crippen molar-refractivity contribution in [2.75, 3.05) is 0 Å². The fourth-order valence-electron chi connectivity index (χ4n) is 3.59. The minimum atomic E-state index is -0.798. The van der Waals surface area contributed by atoms with Gasteiger partial charge in [-0.15, -0.1) is 12.4 Å². The first-order valence-corrected chi connectivity index (χ1v) is 7.94. The molecule has 0 bridgehead atoms. The van der Waals surface area contributed by atoms with Crippen molar-refractivity contribution in [1.82, 2.24) is 4.98 Å². The van der Waals surface area contributed by atoms with Gasteiger partial charge in [0.05, 0.1) is 0 Å². The predicted molar refractivity (Wildman–Crippen MR) is 93.6 cm³/mol. The fraction of sp³-hybridized carbons (Fsp3) is 0.368. The van der Waals surface area contributed by atoms with Crippen molar-refractivity contribution in [3.05, 3.63) is 64.5 Å². The van der Waals surface area contributed by atoms with E-state index in [0.717, 1.165) is 25.7 Å². The van der Waals surface area contributed by atoms with Gasteiger partial charge in [-0.05, 0) is 66.9 Å². The van der Waals surface area contributed by atoms with E-state index in [1.165, 1.54) is 22.3 Å². The molecule has 0 saturated carbocycles. The van der Waals surface area contributed by atoms with Gasteiger partial charge in [-0.25, -0.2) is 4.79 Å². The van der Waals surface area contributed by atoms with Gasteiger partial charge >= 0.3 is 5.97 Å². The second-order valence-electron chi connectivity index (χ2n) is 6.00. The second kappa shape index (κ2) is 7.60. The summed E-state index contributed by atoms with van der Waals surface area (Å²) in [6.45, 7) is 2.17. The van der Waals surface area contributed by atoms with Crippen LogP contribution in [0, 0.1) is 5.92 Å². The Hall–Kier alpha value is -1.87. The minimum Gasteiger partial charge on any atom is -0.478 e. The van der Waals surface area contributed by atoms with Crippen molar-refractivity contribution in [3.63, 3.8) is 0 Å². The summed E-state index contributed by atoms with van der Waals surface area (Å²) in [7, 11) is 0. The van der Waals surface area contributed by atoms with Crippen LogP contribution in [0.1, 0.15) is 38.2 Å². The third kappa shape index (κ3) is 3.73. The smallest absolute Gasteiger partial charge is 0.331 e. The average molecular weight is 332 g/mol. The first-order valence-electron chi connectivity index (χ1n) is 7.94. The van der Waals surface area contributed by atoms with Crippen LogP contribution in [0.4, 0.5) is 0 Å². The van der Waals surface area contributed by atoms with Gasteiger partial charge in [0.25, 0.3) is 0 Å². The van der Waals surface area contributed by atoms with Crippen LogP contribution in [-0.4, -0.2) is 16.1 Å². The highest BCUT2D eigenvalue weighted by molar-refractivity contribution is 5.88. The van der Waals surface area contributed by atoms with Crippen LogP contribution >= 0.6 is 12.4 Å². The number of carboxylic acid groups (broad SMARTS) is 1. The number of rotatable bonds is 4. The Labute approximate surface area is 143 Å². The molecule has 0 amide bonds. The van der Waals surface area contributed by atoms with Crippen molar-refractivity contribution >= 4 is 18.4 Å². The number of aliphatic carboxylic acids is 1. The van der Waals surface area contributed by atoms with Gasteiger partial charge in [-0.3, -0.25) is 4.98 Å². The highest BCUT2D eigenvalue weighted by Gasteiger charge is 2.27. The molecule has 1 heterocycles. The van der Waals surface area contributed by atoms with Crippen molar-refractivity contribution < 1.29 is 9.90 Å². The molecule has 0 aromatic carbocycles. The van der Waals surface area contributed by atoms with Crippen LogP contribution in [0.15, 0.2) is 59.0 Å². The number of carbonyl (C=O) groups is 1. The molecular formula is C19H22ClNO2. The lowest BCUT2D eigenvalue weighted by Gasteiger charge is -2.31. The first-order chi connectivity index (χ1) is 10.7. The number of fused-ring (bicyclic) bond motifs is 1. The number of carboxylic acids is 1. The maximum absolute atomic E-state index is 11.3. The number of pyridine rings is 1. The Kier molecular flexibility index (Phi) is 5.78. The Morgan fingerprint density at radius 2 is 2.26 bits per heavy atom. The predicted octanol–water partition coefficient (Wildman–Crippen LogP) is 4.50. The van der Waals surface area contributed by atoms with E-state index < -0.39 is 5.97 Å². The molecule has 2 aliphatic rings. The van der Waals surface area contributed by atoms with Crippen molar-refractivity contribution in [3.8, 4) is 0 Å². The molecular weight excluding hydrogens is 310 g/mol. The number of hydrogen-bond donors (Lipinski definition) is 1. The third-order valence-electron chi connectivity index (χ3n) is 4.69. The van der Waals surface area contributed by atoms with E-state index in [1.807, 2.05) is 18.3 Å². The van der Waals surface area contributed by atoms with E-state index >= 15 is 0 Å². The van der Waals surface area contributed by atoms with E-state index in [-0.39, 0.29) is 12.4 Å².